The molecule has 1 unspecified atom stereocenters. The monoisotopic (exact) mass is 358 g/mol. The Hall–Kier alpha value is -2.12. The van der Waals surface area contributed by atoms with E-state index < -0.39 is 0 Å². The van der Waals surface area contributed by atoms with Crippen LogP contribution in [0.1, 0.15) is 35.0 Å². The number of aromatic nitrogens is 2. The van der Waals surface area contributed by atoms with Crippen molar-refractivity contribution in [2.45, 2.75) is 31.9 Å². The lowest BCUT2D eigenvalue weighted by Crippen LogP contribution is -2.64. The molecule has 2 saturated heterocycles. The van der Waals surface area contributed by atoms with Crippen LogP contribution in [0.4, 0.5) is 0 Å². The Balaban J connectivity index is 1.25. The second kappa shape index (κ2) is 6.89. The van der Waals surface area contributed by atoms with Crippen LogP contribution in [0.2, 0.25) is 0 Å². The summed E-state index contributed by atoms with van der Waals surface area (Å²) in [5.41, 5.74) is -0.0460. The number of hydrogen-bond acceptors (Lipinski definition) is 5. The standard InChI is InChI=1S/C19H26N4O3/c1-14-3-4-16(26-14)11-23-12-19(13-23)15(6-10-25-19)5-7-21-18(24)17-20-8-9-22(17)2/h3-4,8-9,15H,5-7,10-13H2,1-2H3,(H,21,24). The Morgan fingerprint density at radius 3 is 2.96 bits per heavy atom. The van der Waals surface area contributed by atoms with Crippen molar-refractivity contribution in [2.24, 2.45) is 13.0 Å². The molecule has 7 nitrogen and oxygen atoms in total. The smallest absolute Gasteiger partial charge is 0.287 e. The number of rotatable bonds is 6. The third-order valence-electron chi connectivity index (χ3n) is 5.56. The Bertz CT molecular complexity index is 775. The van der Waals surface area contributed by atoms with E-state index in [4.69, 9.17) is 9.15 Å². The van der Waals surface area contributed by atoms with E-state index in [0.29, 0.717) is 18.3 Å². The fourth-order valence-corrected chi connectivity index (χ4v) is 4.18. The maximum Gasteiger partial charge on any atom is 0.287 e. The lowest BCUT2D eigenvalue weighted by atomic mass is 9.79. The van der Waals surface area contributed by atoms with Crippen LogP contribution in [0.5, 0.6) is 0 Å². The number of aryl methyl sites for hydroxylation is 2. The van der Waals surface area contributed by atoms with Gasteiger partial charge in [0.05, 0.1) is 12.1 Å². The molecule has 1 N–H and O–H groups in total. The molecule has 0 aliphatic carbocycles. The largest absolute Gasteiger partial charge is 0.465 e. The van der Waals surface area contributed by atoms with Gasteiger partial charge in [-0.05, 0) is 37.8 Å². The van der Waals surface area contributed by atoms with Crippen LogP contribution in [-0.4, -0.2) is 52.2 Å². The molecule has 4 heterocycles. The molecule has 0 aromatic carbocycles. The van der Waals surface area contributed by atoms with E-state index in [1.807, 2.05) is 26.1 Å². The van der Waals surface area contributed by atoms with Crippen molar-refractivity contribution in [3.05, 3.63) is 41.9 Å². The maximum atomic E-state index is 12.2. The van der Waals surface area contributed by atoms with E-state index in [0.717, 1.165) is 50.6 Å². The summed E-state index contributed by atoms with van der Waals surface area (Å²) in [6.45, 7) is 6.14. The summed E-state index contributed by atoms with van der Waals surface area (Å²) in [7, 11) is 1.82. The van der Waals surface area contributed by atoms with E-state index in [9.17, 15) is 4.79 Å². The minimum atomic E-state index is -0.117. The summed E-state index contributed by atoms with van der Waals surface area (Å²) < 4.78 is 13.5. The van der Waals surface area contributed by atoms with Gasteiger partial charge in [-0.15, -0.1) is 0 Å². The molecular weight excluding hydrogens is 332 g/mol. The van der Waals surface area contributed by atoms with Crippen molar-refractivity contribution in [3.63, 3.8) is 0 Å². The average Bonchev–Trinajstić information content (AvgIpc) is 3.28. The van der Waals surface area contributed by atoms with Gasteiger partial charge in [-0.3, -0.25) is 9.69 Å². The highest BCUT2D eigenvalue weighted by Gasteiger charge is 2.52. The summed E-state index contributed by atoms with van der Waals surface area (Å²) in [6.07, 6.45) is 5.41. The summed E-state index contributed by atoms with van der Waals surface area (Å²) in [4.78, 5) is 18.6. The lowest BCUT2D eigenvalue weighted by molar-refractivity contribution is -0.138. The van der Waals surface area contributed by atoms with Gasteiger partial charge in [0.1, 0.15) is 11.5 Å². The molecule has 140 valence electrons. The maximum absolute atomic E-state index is 12.2. The van der Waals surface area contributed by atoms with Gasteiger partial charge in [0, 0.05) is 45.7 Å². The summed E-state index contributed by atoms with van der Waals surface area (Å²) >= 11 is 0. The fourth-order valence-electron chi connectivity index (χ4n) is 4.18. The van der Waals surface area contributed by atoms with Gasteiger partial charge in [-0.2, -0.15) is 0 Å². The van der Waals surface area contributed by atoms with Gasteiger partial charge in [0.2, 0.25) is 0 Å². The van der Waals surface area contributed by atoms with Gasteiger partial charge in [-0.25, -0.2) is 4.98 Å². The second-order valence-corrected chi connectivity index (χ2v) is 7.46. The zero-order chi connectivity index (χ0) is 18.1. The predicted octanol–water partition coefficient (Wildman–Crippen LogP) is 1.73. The van der Waals surface area contributed by atoms with E-state index >= 15 is 0 Å². The molecule has 0 radical (unpaired) electrons. The van der Waals surface area contributed by atoms with Crippen LogP contribution >= 0.6 is 0 Å². The number of carbonyl (C=O) groups excluding carboxylic acids is 1. The van der Waals surface area contributed by atoms with Crippen LogP contribution in [0.25, 0.3) is 0 Å². The zero-order valence-corrected chi connectivity index (χ0v) is 15.4. The number of carbonyl (C=O) groups is 1. The molecule has 2 fully saturated rings. The topological polar surface area (TPSA) is 72.5 Å². The van der Waals surface area contributed by atoms with Crippen molar-refractivity contribution in [3.8, 4) is 0 Å². The van der Waals surface area contributed by atoms with Crippen molar-refractivity contribution < 1.29 is 13.9 Å². The van der Waals surface area contributed by atoms with E-state index in [-0.39, 0.29) is 11.5 Å². The van der Waals surface area contributed by atoms with Crippen molar-refractivity contribution in [1.29, 1.82) is 0 Å². The highest BCUT2D eigenvalue weighted by atomic mass is 16.5. The number of amides is 1. The Labute approximate surface area is 153 Å². The average molecular weight is 358 g/mol. The van der Waals surface area contributed by atoms with Crippen molar-refractivity contribution >= 4 is 5.91 Å². The molecule has 0 saturated carbocycles. The van der Waals surface area contributed by atoms with Crippen molar-refractivity contribution in [1.82, 2.24) is 19.8 Å². The summed E-state index contributed by atoms with van der Waals surface area (Å²) in [6, 6.07) is 4.05. The van der Waals surface area contributed by atoms with Crippen LogP contribution in [0.3, 0.4) is 0 Å². The number of imidazole rings is 1. The van der Waals surface area contributed by atoms with Crippen LogP contribution in [0, 0.1) is 12.8 Å². The number of likely N-dealkylation sites (tertiary alicyclic amines) is 1. The predicted molar refractivity (Wildman–Crippen MR) is 95.7 cm³/mol. The van der Waals surface area contributed by atoms with E-state index in [2.05, 4.69) is 15.2 Å². The van der Waals surface area contributed by atoms with Gasteiger partial charge < -0.3 is 19.0 Å². The lowest BCUT2D eigenvalue weighted by Gasteiger charge is -2.50. The molecule has 2 aromatic heterocycles. The number of ether oxygens (including phenoxy) is 1. The van der Waals surface area contributed by atoms with Crippen LogP contribution < -0.4 is 5.32 Å². The zero-order valence-electron chi connectivity index (χ0n) is 15.4. The molecule has 7 heteroatoms. The normalized spacial score (nSPS) is 21.8. The van der Waals surface area contributed by atoms with E-state index in [1.165, 1.54) is 0 Å². The van der Waals surface area contributed by atoms with Gasteiger partial charge in [-0.1, -0.05) is 0 Å². The first-order valence-electron chi connectivity index (χ1n) is 9.23. The first kappa shape index (κ1) is 17.3. The Morgan fingerprint density at radius 2 is 2.27 bits per heavy atom. The van der Waals surface area contributed by atoms with E-state index in [1.54, 1.807) is 17.0 Å². The number of nitrogens with one attached hydrogen (secondary N) is 1. The minimum Gasteiger partial charge on any atom is -0.465 e. The van der Waals surface area contributed by atoms with Crippen molar-refractivity contribution in [2.75, 3.05) is 26.2 Å². The molecule has 2 aliphatic rings. The first-order chi connectivity index (χ1) is 12.6. The van der Waals surface area contributed by atoms with Gasteiger partial charge in [0.15, 0.2) is 5.82 Å². The molecule has 0 bridgehead atoms. The highest BCUT2D eigenvalue weighted by Crippen LogP contribution is 2.42. The number of nitrogens with zero attached hydrogens (tertiary/aromatic N) is 3. The fraction of sp³-hybridized carbons (Fsp3) is 0.579. The molecule has 1 atom stereocenters. The molecular formula is C19H26N4O3. The molecule has 26 heavy (non-hydrogen) atoms. The highest BCUT2D eigenvalue weighted by molar-refractivity contribution is 5.90. The summed E-state index contributed by atoms with van der Waals surface area (Å²) in [5.74, 6) is 2.78. The van der Waals surface area contributed by atoms with Gasteiger partial charge in [0.25, 0.3) is 5.91 Å². The Kier molecular flexibility index (Phi) is 4.58. The molecule has 2 aromatic rings. The molecule has 2 aliphatic heterocycles. The Morgan fingerprint density at radius 1 is 1.42 bits per heavy atom. The minimum absolute atomic E-state index is 0.0460. The first-order valence-corrected chi connectivity index (χ1v) is 9.23. The molecule has 1 spiro atoms. The van der Waals surface area contributed by atoms with Crippen LogP contribution in [-0.2, 0) is 18.3 Å². The quantitative estimate of drug-likeness (QED) is 0.851. The number of furan rings is 1. The number of hydrogen-bond donors (Lipinski definition) is 1. The summed E-state index contributed by atoms with van der Waals surface area (Å²) in [5, 5.41) is 2.99. The molecule has 1 amide bonds. The third-order valence-corrected chi connectivity index (χ3v) is 5.56. The SMILES string of the molecule is Cc1ccc(CN2CC3(C2)OCCC3CCNC(=O)c2nccn2C)o1. The van der Waals surface area contributed by atoms with Gasteiger partial charge >= 0.3 is 0 Å². The molecule has 4 rings (SSSR count). The third kappa shape index (κ3) is 3.29. The van der Waals surface area contributed by atoms with Crippen LogP contribution in [0.15, 0.2) is 28.9 Å². The second-order valence-electron chi connectivity index (χ2n) is 7.46.